The third-order valence-corrected chi connectivity index (χ3v) is 4.12. The van der Waals surface area contributed by atoms with Crippen LogP contribution in [0.1, 0.15) is 35.0 Å². The molecule has 0 radical (unpaired) electrons. The molecule has 2 aromatic rings. The first-order valence-corrected chi connectivity index (χ1v) is 7.84. The van der Waals surface area contributed by atoms with Gasteiger partial charge in [-0.3, -0.25) is 9.69 Å². The molecule has 1 saturated heterocycles. The van der Waals surface area contributed by atoms with Crippen molar-refractivity contribution < 1.29 is 13.9 Å². The van der Waals surface area contributed by atoms with E-state index < -0.39 is 0 Å². The van der Waals surface area contributed by atoms with Crippen LogP contribution in [-0.4, -0.2) is 42.5 Å². The van der Waals surface area contributed by atoms with Gasteiger partial charge in [-0.15, -0.1) is 0 Å². The van der Waals surface area contributed by atoms with Crippen molar-refractivity contribution in [3.63, 3.8) is 0 Å². The molecule has 3 heterocycles. The normalized spacial score (nSPS) is 16.2. The summed E-state index contributed by atoms with van der Waals surface area (Å²) in [7, 11) is 1.51. The molecule has 2 aromatic heterocycles. The number of nitrogens with zero attached hydrogens (tertiary/aromatic N) is 2. The largest absolute Gasteiger partial charge is 0.480 e. The Labute approximate surface area is 135 Å². The van der Waals surface area contributed by atoms with E-state index in [0.717, 1.165) is 18.8 Å². The molecule has 6 nitrogen and oxygen atoms in total. The van der Waals surface area contributed by atoms with Crippen molar-refractivity contribution >= 4 is 5.91 Å². The number of likely N-dealkylation sites (tertiary alicyclic amines) is 1. The summed E-state index contributed by atoms with van der Waals surface area (Å²) in [5.74, 6) is 1.02. The van der Waals surface area contributed by atoms with Gasteiger partial charge in [0.05, 0.1) is 19.4 Å². The molecule has 23 heavy (non-hydrogen) atoms. The summed E-state index contributed by atoms with van der Waals surface area (Å²) in [6.07, 6.45) is 5.64. The summed E-state index contributed by atoms with van der Waals surface area (Å²) >= 11 is 0. The quantitative estimate of drug-likeness (QED) is 0.885. The van der Waals surface area contributed by atoms with Crippen LogP contribution in [0.25, 0.3) is 0 Å². The number of hydrogen-bond donors (Lipinski definition) is 1. The lowest BCUT2D eigenvalue weighted by molar-refractivity contribution is 0.0930. The third-order valence-electron chi connectivity index (χ3n) is 4.12. The molecule has 1 fully saturated rings. The van der Waals surface area contributed by atoms with Gasteiger partial charge in [0.1, 0.15) is 11.3 Å². The van der Waals surface area contributed by atoms with Crippen molar-refractivity contribution in [2.45, 2.75) is 18.9 Å². The maximum absolute atomic E-state index is 12.4. The number of amides is 1. The second kappa shape index (κ2) is 7.28. The molecule has 0 aliphatic carbocycles. The molecule has 0 bridgehead atoms. The fourth-order valence-electron chi connectivity index (χ4n) is 2.95. The molecule has 122 valence electrons. The Hall–Kier alpha value is -2.34. The molecule has 0 unspecified atom stereocenters. The highest BCUT2D eigenvalue weighted by molar-refractivity contribution is 5.96. The predicted octanol–water partition coefficient (Wildman–Crippen LogP) is 2.25. The maximum Gasteiger partial charge on any atom is 0.256 e. The van der Waals surface area contributed by atoms with Gasteiger partial charge in [-0.2, -0.15) is 0 Å². The van der Waals surface area contributed by atoms with Crippen molar-refractivity contribution in [1.29, 1.82) is 0 Å². The predicted molar refractivity (Wildman–Crippen MR) is 85.4 cm³/mol. The summed E-state index contributed by atoms with van der Waals surface area (Å²) in [6.45, 7) is 2.54. The van der Waals surface area contributed by atoms with Gasteiger partial charge in [0.2, 0.25) is 5.88 Å². The summed E-state index contributed by atoms with van der Waals surface area (Å²) in [5.41, 5.74) is 0.439. The minimum atomic E-state index is -0.189. The van der Waals surface area contributed by atoms with E-state index in [1.807, 2.05) is 12.1 Å². The molecular weight excluding hydrogens is 294 g/mol. The van der Waals surface area contributed by atoms with Crippen molar-refractivity contribution in [1.82, 2.24) is 15.2 Å². The first kappa shape index (κ1) is 15.6. The Morgan fingerprint density at radius 3 is 2.91 bits per heavy atom. The Morgan fingerprint density at radius 1 is 1.39 bits per heavy atom. The second-order valence-corrected chi connectivity index (χ2v) is 5.54. The highest BCUT2D eigenvalue weighted by Gasteiger charge is 2.26. The zero-order valence-corrected chi connectivity index (χ0v) is 13.2. The van der Waals surface area contributed by atoms with Crippen LogP contribution in [-0.2, 0) is 0 Å². The fourth-order valence-corrected chi connectivity index (χ4v) is 2.95. The highest BCUT2D eigenvalue weighted by atomic mass is 16.5. The number of hydrogen-bond acceptors (Lipinski definition) is 5. The number of aromatic nitrogens is 1. The topological polar surface area (TPSA) is 67.6 Å². The van der Waals surface area contributed by atoms with E-state index in [1.54, 1.807) is 24.6 Å². The standard InChI is InChI=1S/C17H21N3O3/c1-22-17-13(6-4-8-18-17)16(21)19-12-14(15-7-5-11-23-15)20-9-2-3-10-20/h4-8,11,14H,2-3,9-10,12H2,1H3,(H,19,21)/t14-/m1/s1. The molecule has 3 rings (SSSR count). The summed E-state index contributed by atoms with van der Waals surface area (Å²) < 4.78 is 10.7. The molecule has 1 N–H and O–H groups in total. The molecule has 1 aliphatic rings. The SMILES string of the molecule is COc1ncccc1C(=O)NC[C@H](c1ccco1)N1CCCC1. The molecule has 0 aromatic carbocycles. The van der Waals surface area contributed by atoms with Crippen LogP contribution in [0.2, 0.25) is 0 Å². The average molecular weight is 315 g/mol. The lowest BCUT2D eigenvalue weighted by Crippen LogP contribution is -2.36. The van der Waals surface area contributed by atoms with E-state index in [0.29, 0.717) is 18.0 Å². The van der Waals surface area contributed by atoms with Gasteiger partial charge in [0.15, 0.2) is 0 Å². The molecule has 6 heteroatoms. The summed E-state index contributed by atoms with van der Waals surface area (Å²) in [5, 5.41) is 2.98. The van der Waals surface area contributed by atoms with Crippen molar-refractivity contribution in [3.05, 3.63) is 48.0 Å². The van der Waals surface area contributed by atoms with Gasteiger partial charge in [-0.1, -0.05) is 0 Å². The number of methoxy groups -OCH3 is 1. The van der Waals surface area contributed by atoms with Gasteiger partial charge in [-0.05, 0) is 50.2 Å². The first-order chi connectivity index (χ1) is 11.3. The molecular formula is C17H21N3O3. The van der Waals surface area contributed by atoms with E-state index in [-0.39, 0.29) is 11.9 Å². The van der Waals surface area contributed by atoms with Crippen molar-refractivity contribution in [2.24, 2.45) is 0 Å². The number of nitrogens with one attached hydrogen (secondary N) is 1. The van der Waals surface area contributed by atoms with Gasteiger partial charge in [0, 0.05) is 12.7 Å². The van der Waals surface area contributed by atoms with Gasteiger partial charge >= 0.3 is 0 Å². The van der Waals surface area contributed by atoms with Gasteiger partial charge < -0.3 is 14.5 Å². The number of ether oxygens (including phenoxy) is 1. The van der Waals surface area contributed by atoms with E-state index in [4.69, 9.17) is 9.15 Å². The zero-order chi connectivity index (χ0) is 16.1. The first-order valence-electron chi connectivity index (χ1n) is 7.84. The number of furan rings is 1. The van der Waals surface area contributed by atoms with E-state index in [2.05, 4.69) is 15.2 Å². The molecule has 1 aliphatic heterocycles. The monoisotopic (exact) mass is 315 g/mol. The van der Waals surface area contributed by atoms with E-state index in [9.17, 15) is 4.79 Å². The zero-order valence-electron chi connectivity index (χ0n) is 13.2. The van der Waals surface area contributed by atoms with Crippen LogP contribution in [0.4, 0.5) is 0 Å². The van der Waals surface area contributed by atoms with Crippen LogP contribution >= 0.6 is 0 Å². The third kappa shape index (κ3) is 3.53. The number of carbonyl (C=O) groups excluding carboxylic acids is 1. The van der Waals surface area contributed by atoms with Crippen LogP contribution in [0.15, 0.2) is 41.1 Å². The second-order valence-electron chi connectivity index (χ2n) is 5.54. The fraction of sp³-hybridized carbons (Fsp3) is 0.412. The number of carbonyl (C=O) groups is 1. The Balaban J connectivity index is 1.70. The minimum Gasteiger partial charge on any atom is -0.480 e. The summed E-state index contributed by atoms with van der Waals surface area (Å²) in [4.78, 5) is 18.8. The van der Waals surface area contributed by atoms with Crippen molar-refractivity contribution in [3.8, 4) is 5.88 Å². The molecule has 1 atom stereocenters. The van der Waals surface area contributed by atoms with E-state index in [1.165, 1.54) is 20.0 Å². The average Bonchev–Trinajstić information content (AvgIpc) is 3.29. The molecule has 1 amide bonds. The van der Waals surface area contributed by atoms with Crippen LogP contribution in [0, 0.1) is 0 Å². The Bertz CT molecular complexity index is 636. The van der Waals surface area contributed by atoms with Crippen LogP contribution in [0.5, 0.6) is 5.88 Å². The van der Waals surface area contributed by atoms with Gasteiger partial charge in [0.25, 0.3) is 5.91 Å². The lowest BCUT2D eigenvalue weighted by Gasteiger charge is -2.26. The Kier molecular flexibility index (Phi) is 4.92. The number of rotatable bonds is 6. The number of pyridine rings is 1. The van der Waals surface area contributed by atoms with E-state index >= 15 is 0 Å². The van der Waals surface area contributed by atoms with Crippen molar-refractivity contribution in [2.75, 3.05) is 26.7 Å². The lowest BCUT2D eigenvalue weighted by atomic mass is 10.2. The molecule has 0 saturated carbocycles. The smallest absolute Gasteiger partial charge is 0.256 e. The van der Waals surface area contributed by atoms with Crippen LogP contribution < -0.4 is 10.1 Å². The highest BCUT2D eigenvalue weighted by Crippen LogP contribution is 2.25. The Morgan fingerprint density at radius 2 is 2.22 bits per heavy atom. The minimum absolute atomic E-state index is 0.0547. The summed E-state index contributed by atoms with van der Waals surface area (Å²) in [6, 6.07) is 7.32. The van der Waals surface area contributed by atoms with Gasteiger partial charge in [-0.25, -0.2) is 4.98 Å². The molecule has 0 spiro atoms. The maximum atomic E-state index is 12.4. The van der Waals surface area contributed by atoms with Crippen LogP contribution in [0.3, 0.4) is 0 Å².